The van der Waals surface area contributed by atoms with E-state index in [0.29, 0.717) is 17.9 Å². The van der Waals surface area contributed by atoms with Crippen LogP contribution in [0.3, 0.4) is 0 Å². The van der Waals surface area contributed by atoms with Crippen LogP contribution in [0.4, 0.5) is 0 Å². The van der Waals surface area contributed by atoms with Crippen LogP contribution in [-0.2, 0) is 4.79 Å². The molecule has 0 unspecified atom stereocenters. The highest BCUT2D eigenvalue weighted by Crippen LogP contribution is 2.61. The molecule has 4 fully saturated rings. The van der Waals surface area contributed by atoms with E-state index in [2.05, 4.69) is 6.92 Å². The largest absolute Gasteiger partial charge is 0.343 e. The molecule has 0 radical (unpaired) electrons. The molecule has 4 aliphatic carbocycles. The average Bonchev–Trinajstić information content (AvgIpc) is 2.37. The van der Waals surface area contributed by atoms with Crippen molar-refractivity contribution in [1.29, 1.82) is 0 Å². The van der Waals surface area contributed by atoms with Gasteiger partial charge in [-0.15, -0.1) is 0 Å². The standard InChI is InChI=1S/C17H30N2O/c1-2-19(5-3-4-18)16(20)12-17-9-13-6-14(10-17)8-15(7-13)11-17/h13-15H,2-12,18H2,1H3. The number of carbonyl (C=O) groups is 1. The molecule has 0 aromatic carbocycles. The summed E-state index contributed by atoms with van der Waals surface area (Å²) in [6.07, 6.45) is 10.1. The minimum absolute atomic E-state index is 0.377. The Balaban J connectivity index is 1.63. The normalized spacial score (nSPS) is 38.2. The molecule has 2 N–H and O–H groups in total. The third-order valence-electron chi connectivity index (χ3n) is 6.06. The van der Waals surface area contributed by atoms with Crippen LogP contribution in [-0.4, -0.2) is 30.4 Å². The molecule has 0 aliphatic heterocycles. The maximum atomic E-state index is 12.6. The Hall–Kier alpha value is -0.570. The first kappa shape index (κ1) is 14.4. The number of amides is 1. The second kappa shape index (κ2) is 5.67. The molecule has 20 heavy (non-hydrogen) atoms. The Kier molecular flexibility index (Phi) is 4.07. The van der Waals surface area contributed by atoms with Crippen molar-refractivity contribution >= 4 is 5.91 Å². The fraction of sp³-hybridized carbons (Fsp3) is 0.941. The van der Waals surface area contributed by atoms with Gasteiger partial charge in [-0.2, -0.15) is 0 Å². The lowest BCUT2D eigenvalue weighted by atomic mass is 9.49. The number of hydrogen-bond donors (Lipinski definition) is 1. The molecule has 3 heteroatoms. The Morgan fingerprint density at radius 2 is 1.70 bits per heavy atom. The van der Waals surface area contributed by atoms with Gasteiger partial charge < -0.3 is 10.6 Å². The van der Waals surface area contributed by atoms with Crippen molar-refractivity contribution in [3.05, 3.63) is 0 Å². The van der Waals surface area contributed by atoms with E-state index in [1.807, 2.05) is 4.90 Å². The molecule has 4 aliphatic rings. The van der Waals surface area contributed by atoms with E-state index in [-0.39, 0.29) is 0 Å². The summed E-state index contributed by atoms with van der Waals surface area (Å²) in [6, 6.07) is 0. The first-order chi connectivity index (χ1) is 9.64. The van der Waals surface area contributed by atoms with E-state index in [1.54, 1.807) is 0 Å². The lowest BCUT2D eigenvalue weighted by Crippen LogP contribution is -2.48. The zero-order chi connectivity index (χ0) is 14.2. The maximum Gasteiger partial charge on any atom is 0.223 e. The highest BCUT2D eigenvalue weighted by Gasteiger charge is 2.51. The van der Waals surface area contributed by atoms with E-state index >= 15 is 0 Å². The van der Waals surface area contributed by atoms with Gasteiger partial charge in [0, 0.05) is 19.5 Å². The Morgan fingerprint density at radius 1 is 1.15 bits per heavy atom. The van der Waals surface area contributed by atoms with E-state index in [4.69, 9.17) is 5.73 Å². The van der Waals surface area contributed by atoms with Gasteiger partial charge in [0.15, 0.2) is 0 Å². The smallest absolute Gasteiger partial charge is 0.223 e. The van der Waals surface area contributed by atoms with Crippen LogP contribution in [0.5, 0.6) is 0 Å². The van der Waals surface area contributed by atoms with E-state index in [9.17, 15) is 4.79 Å². The van der Waals surface area contributed by atoms with Crippen LogP contribution < -0.4 is 5.73 Å². The zero-order valence-electron chi connectivity index (χ0n) is 12.9. The molecule has 3 nitrogen and oxygen atoms in total. The van der Waals surface area contributed by atoms with Crippen LogP contribution in [0, 0.1) is 23.2 Å². The van der Waals surface area contributed by atoms with E-state index in [1.165, 1.54) is 38.5 Å². The van der Waals surface area contributed by atoms with Gasteiger partial charge in [-0.3, -0.25) is 4.79 Å². The van der Waals surface area contributed by atoms with Gasteiger partial charge in [-0.1, -0.05) is 0 Å². The predicted molar refractivity (Wildman–Crippen MR) is 81.1 cm³/mol. The Labute approximate surface area is 123 Å². The molecular formula is C17H30N2O. The maximum absolute atomic E-state index is 12.6. The molecule has 0 aromatic heterocycles. The summed E-state index contributed by atoms with van der Waals surface area (Å²) in [4.78, 5) is 14.7. The Bertz CT molecular complexity index is 331. The molecule has 0 spiro atoms. The molecule has 0 atom stereocenters. The summed E-state index contributed by atoms with van der Waals surface area (Å²) in [5, 5.41) is 0. The summed E-state index contributed by atoms with van der Waals surface area (Å²) in [5.74, 6) is 3.21. The molecule has 0 heterocycles. The molecular weight excluding hydrogens is 248 g/mol. The second-order valence-electron chi connectivity index (χ2n) is 7.71. The van der Waals surface area contributed by atoms with Gasteiger partial charge in [0.05, 0.1) is 0 Å². The molecule has 0 saturated heterocycles. The monoisotopic (exact) mass is 278 g/mol. The van der Waals surface area contributed by atoms with Gasteiger partial charge in [-0.05, 0) is 81.6 Å². The average molecular weight is 278 g/mol. The van der Waals surface area contributed by atoms with Crippen LogP contribution >= 0.6 is 0 Å². The fourth-order valence-corrected chi connectivity index (χ4v) is 5.68. The van der Waals surface area contributed by atoms with E-state index < -0.39 is 0 Å². The summed E-state index contributed by atoms with van der Waals surface area (Å²) < 4.78 is 0. The third-order valence-corrected chi connectivity index (χ3v) is 6.06. The highest BCUT2D eigenvalue weighted by molar-refractivity contribution is 5.77. The van der Waals surface area contributed by atoms with Crippen LogP contribution in [0.1, 0.15) is 58.3 Å². The quantitative estimate of drug-likeness (QED) is 0.812. The molecule has 4 bridgehead atoms. The first-order valence-corrected chi connectivity index (χ1v) is 8.62. The van der Waals surface area contributed by atoms with Crippen molar-refractivity contribution in [1.82, 2.24) is 4.90 Å². The summed E-state index contributed by atoms with van der Waals surface area (Å²) >= 11 is 0. The van der Waals surface area contributed by atoms with Crippen molar-refractivity contribution in [3.63, 3.8) is 0 Å². The number of hydrogen-bond acceptors (Lipinski definition) is 2. The van der Waals surface area contributed by atoms with Gasteiger partial charge in [-0.25, -0.2) is 0 Å². The predicted octanol–water partition coefficient (Wildman–Crippen LogP) is 2.79. The highest BCUT2D eigenvalue weighted by atomic mass is 16.2. The lowest BCUT2D eigenvalue weighted by Gasteiger charge is -2.57. The fourth-order valence-electron chi connectivity index (χ4n) is 5.68. The lowest BCUT2D eigenvalue weighted by molar-refractivity contribution is -0.139. The topological polar surface area (TPSA) is 46.3 Å². The third kappa shape index (κ3) is 2.74. The number of nitrogens with two attached hydrogens (primary N) is 1. The van der Waals surface area contributed by atoms with Gasteiger partial charge in [0.1, 0.15) is 0 Å². The molecule has 1 amide bonds. The van der Waals surface area contributed by atoms with Crippen molar-refractivity contribution in [2.24, 2.45) is 28.9 Å². The summed E-state index contributed by atoms with van der Waals surface area (Å²) in [5.41, 5.74) is 5.96. The summed E-state index contributed by atoms with van der Waals surface area (Å²) in [7, 11) is 0. The van der Waals surface area contributed by atoms with Gasteiger partial charge in [0.25, 0.3) is 0 Å². The molecule has 4 rings (SSSR count). The first-order valence-electron chi connectivity index (χ1n) is 8.62. The van der Waals surface area contributed by atoms with Crippen LogP contribution in [0.15, 0.2) is 0 Å². The molecule has 114 valence electrons. The Morgan fingerprint density at radius 3 is 2.15 bits per heavy atom. The molecule has 4 saturated carbocycles. The summed E-state index contributed by atoms with van der Waals surface area (Å²) in [6.45, 7) is 4.46. The van der Waals surface area contributed by atoms with Crippen LogP contribution in [0.25, 0.3) is 0 Å². The number of rotatable bonds is 6. The minimum Gasteiger partial charge on any atom is -0.343 e. The van der Waals surface area contributed by atoms with Crippen LogP contribution in [0.2, 0.25) is 0 Å². The molecule has 0 aromatic rings. The van der Waals surface area contributed by atoms with Crippen molar-refractivity contribution in [2.45, 2.75) is 58.3 Å². The number of nitrogens with zero attached hydrogens (tertiary/aromatic N) is 1. The van der Waals surface area contributed by atoms with Crippen molar-refractivity contribution in [3.8, 4) is 0 Å². The van der Waals surface area contributed by atoms with E-state index in [0.717, 1.165) is 43.7 Å². The number of carbonyl (C=O) groups excluding carboxylic acids is 1. The van der Waals surface area contributed by atoms with Crippen molar-refractivity contribution in [2.75, 3.05) is 19.6 Å². The van der Waals surface area contributed by atoms with Crippen molar-refractivity contribution < 1.29 is 4.79 Å². The van der Waals surface area contributed by atoms with Gasteiger partial charge >= 0.3 is 0 Å². The zero-order valence-corrected chi connectivity index (χ0v) is 12.9. The van der Waals surface area contributed by atoms with Gasteiger partial charge in [0.2, 0.25) is 5.91 Å². The SMILES string of the molecule is CCN(CCCN)C(=O)CC12CC3CC(CC(C3)C1)C2. The second-order valence-corrected chi connectivity index (χ2v) is 7.71. The minimum atomic E-state index is 0.377.